The Morgan fingerprint density at radius 2 is 2.15 bits per heavy atom. The van der Waals surface area contributed by atoms with E-state index in [2.05, 4.69) is 15.5 Å². The first-order valence-corrected chi connectivity index (χ1v) is 5.79. The van der Waals surface area contributed by atoms with Gasteiger partial charge in [0.25, 0.3) is 5.91 Å². The second-order valence-electron chi connectivity index (χ2n) is 4.09. The predicted octanol–water partition coefficient (Wildman–Crippen LogP) is 1.21. The van der Waals surface area contributed by atoms with Crippen LogP contribution in [0.3, 0.4) is 0 Å². The average molecular weight is 282 g/mol. The number of carbonyl (C=O) groups excluding carboxylic acids is 1. The topological polar surface area (TPSA) is 94.0 Å². The molecule has 1 heterocycles. The van der Waals surface area contributed by atoms with Gasteiger partial charge in [0.2, 0.25) is 5.89 Å². The summed E-state index contributed by atoms with van der Waals surface area (Å²) in [5.74, 6) is -1.70. The molecular weight excluding hydrogens is 270 g/mol. The molecule has 0 aliphatic heterocycles. The van der Waals surface area contributed by atoms with E-state index in [4.69, 9.17) is 10.3 Å². The van der Waals surface area contributed by atoms with Crippen LogP contribution in [0.15, 0.2) is 16.7 Å². The Kier molecular flexibility index (Phi) is 3.92. The largest absolute Gasteiger partial charge is 0.396 e. The Morgan fingerprint density at radius 1 is 1.40 bits per heavy atom. The molecule has 0 saturated carbocycles. The number of nitrogens with zero attached hydrogens (tertiary/aromatic N) is 2. The van der Waals surface area contributed by atoms with Crippen LogP contribution in [0.1, 0.15) is 22.1 Å². The van der Waals surface area contributed by atoms with E-state index in [0.29, 0.717) is 24.2 Å². The Labute approximate surface area is 113 Å². The van der Waals surface area contributed by atoms with E-state index in [9.17, 15) is 13.6 Å². The molecule has 0 radical (unpaired) electrons. The van der Waals surface area contributed by atoms with Crippen LogP contribution in [0, 0.1) is 18.6 Å². The monoisotopic (exact) mass is 282 g/mol. The van der Waals surface area contributed by atoms with Gasteiger partial charge in [-0.25, -0.2) is 8.78 Å². The molecule has 0 unspecified atom stereocenters. The summed E-state index contributed by atoms with van der Waals surface area (Å²) in [7, 11) is 0. The lowest BCUT2D eigenvalue weighted by Crippen LogP contribution is -2.27. The summed E-state index contributed by atoms with van der Waals surface area (Å²) >= 11 is 0. The van der Waals surface area contributed by atoms with Crippen molar-refractivity contribution in [2.24, 2.45) is 0 Å². The number of aromatic nitrogens is 2. The molecule has 0 fully saturated rings. The number of nitrogens with one attached hydrogen (secondary N) is 1. The number of aryl methyl sites for hydroxylation is 1. The molecule has 8 heteroatoms. The molecule has 0 aliphatic rings. The zero-order valence-electron chi connectivity index (χ0n) is 10.6. The third-order valence-corrected chi connectivity index (χ3v) is 2.53. The zero-order valence-corrected chi connectivity index (χ0v) is 10.6. The van der Waals surface area contributed by atoms with Crippen LogP contribution in [0.25, 0.3) is 0 Å². The fourth-order valence-corrected chi connectivity index (χ4v) is 1.57. The van der Waals surface area contributed by atoms with Gasteiger partial charge in [0.05, 0.1) is 11.3 Å². The van der Waals surface area contributed by atoms with E-state index in [1.54, 1.807) is 6.92 Å². The van der Waals surface area contributed by atoms with E-state index >= 15 is 0 Å². The molecular formula is C12H12F2N4O2. The maximum atomic E-state index is 13.4. The Morgan fingerprint density at radius 3 is 2.80 bits per heavy atom. The highest BCUT2D eigenvalue weighted by Gasteiger charge is 2.14. The highest BCUT2D eigenvalue weighted by molar-refractivity contribution is 5.95. The van der Waals surface area contributed by atoms with Gasteiger partial charge in [-0.2, -0.15) is 4.98 Å². The SMILES string of the molecule is Cc1nc(CCNC(=O)c2cc(N)c(F)cc2F)no1. The Hall–Kier alpha value is -2.51. The smallest absolute Gasteiger partial charge is 0.254 e. The maximum absolute atomic E-state index is 13.4. The second kappa shape index (κ2) is 5.64. The fraction of sp³-hybridized carbons (Fsp3) is 0.250. The molecule has 106 valence electrons. The van der Waals surface area contributed by atoms with Crippen molar-refractivity contribution in [1.82, 2.24) is 15.5 Å². The molecule has 6 nitrogen and oxygen atoms in total. The summed E-state index contributed by atoms with van der Waals surface area (Å²) in [4.78, 5) is 15.7. The molecule has 3 N–H and O–H groups in total. The van der Waals surface area contributed by atoms with Crippen LogP contribution < -0.4 is 11.1 Å². The van der Waals surface area contributed by atoms with E-state index < -0.39 is 17.5 Å². The molecule has 0 spiro atoms. The van der Waals surface area contributed by atoms with E-state index in [0.717, 1.165) is 6.07 Å². The van der Waals surface area contributed by atoms with Gasteiger partial charge in [-0.3, -0.25) is 4.79 Å². The van der Waals surface area contributed by atoms with E-state index in [1.165, 1.54) is 0 Å². The van der Waals surface area contributed by atoms with Crippen molar-refractivity contribution < 1.29 is 18.1 Å². The summed E-state index contributed by atoms with van der Waals surface area (Å²) in [6, 6.07) is 1.53. The van der Waals surface area contributed by atoms with Crippen LogP contribution in [0.5, 0.6) is 0 Å². The van der Waals surface area contributed by atoms with Crippen molar-refractivity contribution in [2.45, 2.75) is 13.3 Å². The van der Waals surface area contributed by atoms with Gasteiger partial charge >= 0.3 is 0 Å². The zero-order chi connectivity index (χ0) is 14.7. The van der Waals surface area contributed by atoms with Gasteiger partial charge in [-0.1, -0.05) is 5.16 Å². The third kappa shape index (κ3) is 3.08. The number of benzene rings is 1. The molecule has 1 aromatic heterocycles. The van der Waals surface area contributed by atoms with E-state index in [-0.39, 0.29) is 17.8 Å². The third-order valence-electron chi connectivity index (χ3n) is 2.53. The first-order valence-electron chi connectivity index (χ1n) is 5.79. The minimum absolute atomic E-state index is 0.189. The van der Waals surface area contributed by atoms with Gasteiger partial charge in [0.1, 0.15) is 11.6 Å². The average Bonchev–Trinajstić information content (AvgIpc) is 2.79. The lowest BCUT2D eigenvalue weighted by atomic mass is 10.1. The molecule has 1 aromatic carbocycles. The minimum atomic E-state index is -0.968. The number of nitrogens with two attached hydrogens (primary N) is 1. The number of hydrogen-bond acceptors (Lipinski definition) is 5. The second-order valence-corrected chi connectivity index (χ2v) is 4.09. The highest BCUT2D eigenvalue weighted by Crippen LogP contribution is 2.16. The first-order chi connectivity index (χ1) is 9.47. The molecule has 1 amide bonds. The van der Waals surface area contributed by atoms with Gasteiger partial charge < -0.3 is 15.6 Å². The summed E-state index contributed by atoms with van der Waals surface area (Å²) in [6.45, 7) is 1.83. The number of hydrogen-bond donors (Lipinski definition) is 2. The number of anilines is 1. The van der Waals surface area contributed by atoms with Crippen LogP contribution in [0.2, 0.25) is 0 Å². The van der Waals surface area contributed by atoms with Crippen LogP contribution in [0.4, 0.5) is 14.5 Å². The molecule has 20 heavy (non-hydrogen) atoms. The summed E-state index contributed by atoms with van der Waals surface area (Å²) in [5, 5.41) is 6.11. The van der Waals surface area contributed by atoms with Crippen molar-refractivity contribution >= 4 is 11.6 Å². The minimum Gasteiger partial charge on any atom is -0.396 e. The van der Waals surface area contributed by atoms with Crippen molar-refractivity contribution in [1.29, 1.82) is 0 Å². The lowest BCUT2D eigenvalue weighted by Gasteiger charge is -2.06. The number of halogens is 2. The van der Waals surface area contributed by atoms with Gasteiger partial charge in [0, 0.05) is 26.0 Å². The molecule has 0 aliphatic carbocycles. The van der Waals surface area contributed by atoms with Gasteiger partial charge in [0.15, 0.2) is 5.82 Å². The molecule has 0 atom stereocenters. The normalized spacial score (nSPS) is 10.6. The van der Waals surface area contributed by atoms with E-state index in [1.807, 2.05) is 0 Å². The van der Waals surface area contributed by atoms with Crippen molar-refractivity contribution in [2.75, 3.05) is 12.3 Å². The van der Waals surface area contributed by atoms with Crippen LogP contribution >= 0.6 is 0 Å². The number of carbonyl (C=O) groups is 1. The van der Waals surface area contributed by atoms with Crippen molar-refractivity contribution in [3.63, 3.8) is 0 Å². The molecule has 2 aromatic rings. The Bertz CT molecular complexity index is 642. The quantitative estimate of drug-likeness (QED) is 0.822. The van der Waals surface area contributed by atoms with Crippen LogP contribution in [-0.4, -0.2) is 22.6 Å². The summed E-state index contributed by atoms with van der Waals surface area (Å²) in [5.41, 5.74) is 4.70. The lowest BCUT2D eigenvalue weighted by molar-refractivity contribution is 0.0950. The standard InChI is InChI=1S/C12H12F2N4O2/c1-6-17-11(18-20-6)2-3-16-12(19)7-4-10(15)9(14)5-8(7)13/h4-5H,2-3,15H2,1H3,(H,16,19). The predicted molar refractivity (Wildman–Crippen MR) is 65.8 cm³/mol. The first kappa shape index (κ1) is 13.9. The Balaban J connectivity index is 1.97. The van der Waals surface area contributed by atoms with Gasteiger partial charge in [-0.15, -0.1) is 0 Å². The fourth-order valence-electron chi connectivity index (χ4n) is 1.57. The maximum Gasteiger partial charge on any atom is 0.254 e. The van der Waals surface area contributed by atoms with Crippen molar-refractivity contribution in [3.8, 4) is 0 Å². The molecule has 2 rings (SSSR count). The molecule has 0 bridgehead atoms. The number of amides is 1. The van der Waals surface area contributed by atoms with Gasteiger partial charge in [-0.05, 0) is 6.07 Å². The summed E-state index contributed by atoms with van der Waals surface area (Å²) in [6.07, 6.45) is 0.335. The molecule has 0 saturated heterocycles. The number of nitrogen functional groups attached to an aromatic ring is 1. The van der Waals surface area contributed by atoms with Crippen molar-refractivity contribution in [3.05, 3.63) is 41.0 Å². The van der Waals surface area contributed by atoms with Crippen LogP contribution in [-0.2, 0) is 6.42 Å². The summed E-state index contributed by atoms with van der Waals surface area (Å²) < 4.78 is 31.2. The number of rotatable bonds is 4. The highest BCUT2D eigenvalue weighted by atomic mass is 19.1.